The molecule has 0 saturated carbocycles. The lowest BCUT2D eigenvalue weighted by atomic mass is 9.59. The molecule has 1 aromatic rings. The van der Waals surface area contributed by atoms with Crippen LogP contribution in [0, 0.1) is 17.8 Å². The van der Waals surface area contributed by atoms with Crippen molar-refractivity contribution >= 4 is 45.3 Å². The van der Waals surface area contributed by atoms with E-state index in [9.17, 15) is 29.1 Å². The summed E-state index contributed by atoms with van der Waals surface area (Å²) in [6.45, 7) is 0.0364. The molecule has 9 heteroatoms. The van der Waals surface area contributed by atoms with Gasteiger partial charge in [-0.25, -0.2) is 0 Å². The number of carboxylic acids is 1. The summed E-state index contributed by atoms with van der Waals surface area (Å²) < 4.78 is 0.153. The van der Waals surface area contributed by atoms with Gasteiger partial charge in [0.2, 0.25) is 11.8 Å². The van der Waals surface area contributed by atoms with Gasteiger partial charge in [0.05, 0.1) is 16.3 Å². The summed E-state index contributed by atoms with van der Waals surface area (Å²) in [6, 6.07) is 6.50. The third kappa shape index (κ3) is 3.78. The van der Waals surface area contributed by atoms with E-state index in [2.05, 4.69) is 15.9 Å². The Morgan fingerprint density at radius 1 is 1.11 bits per heavy atom. The van der Waals surface area contributed by atoms with Crippen LogP contribution in [0.4, 0.5) is 0 Å². The Bertz CT molecular complexity index is 1290. The molecule has 180 valence electrons. The molecule has 1 saturated heterocycles. The van der Waals surface area contributed by atoms with Crippen LogP contribution in [0.3, 0.4) is 0 Å². The largest absolute Gasteiger partial charge is 0.508 e. The Kier molecular flexibility index (Phi) is 5.83. The fourth-order valence-corrected chi connectivity index (χ4v) is 6.41. The van der Waals surface area contributed by atoms with E-state index in [0.717, 1.165) is 10.5 Å². The summed E-state index contributed by atoms with van der Waals surface area (Å²) >= 11 is 3.18. The maximum absolute atomic E-state index is 13.5. The topological polar surface area (TPSA) is 129 Å². The van der Waals surface area contributed by atoms with E-state index < -0.39 is 29.6 Å². The molecule has 0 bridgehead atoms. The zero-order valence-corrected chi connectivity index (χ0v) is 20.2. The van der Waals surface area contributed by atoms with E-state index in [-0.39, 0.29) is 59.4 Å². The molecule has 8 nitrogen and oxygen atoms in total. The van der Waals surface area contributed by atoms with Crippen LogP contribution >= 0.6 is 15.9 Å². The molecular weight excluding hydrogens is 518 g/mol. The number of fused-ring (bicyclic) bond motifs is 3. The molecule has 35 heavy (non-hydrogen) atoms. The number of ketones is 2. The van der Waals surface area contributed by atoms with Crippen LogP contribution in [-0.2, 0) is 24.0 Å². The fourth-order valence-electron chi connectivity index (χ4n) is 5.96. The Morgan fingerprint density at radius 2 is 1.89 bits per heavy atom. The maximum atomic E-state index is 13.5. The molecule has 0 radical (unpaired) electrons. The lowest BCUT2D eigenvalue weighted by Gasteiger charge is -2.42. The number of aromatic hydroxyl groups is 1. The first-order chi connectivity index (χ1) is 16.7. The van der Waals surface area contributed by atoms with Crippen molar-refractivity contribution in [3.8, 4) is 5.75 Å². The second kappa shape index (κ2) is 8.71. The molecule has 1 fully saturated rings. The van der Waals surface area contributed by atoms with E-state index in [0.29, 0.717) is 23.1 Å². The fraction of sp³-hybridized carbons (Fsp3) is 0.346. The predicted molar refractivity (Wildman–Crippen MR) is 126 cm³/mol. The minimum atomic E-state index is -0.995. The number of phenolic OH excluding ortho intramolecular Hbond substituents is 1. The number of nitrogens with zero attached hydrogens (tertiary/aromatic N) is 1. The number of carboxylic acid groups (broad SMARTS) is 1. The Balaban J connectivity index is 1.58. The first-order valence-corrected chi connectivity index (χ1v) is 12.2. The average molecular weight is 540 g/mol. The molecule has 0 aromatic heterocycles. The Morgan fingerprint density at radius 3 is 2.60 bits per heavy atom. The quantitative estimate of drug-likeness (QED) is 0.334. The van der Waals surface area contributed by atoms with Crippen molar-refractivity contribution in [3.05, 3.63) is 63.2 Å². The molecule has 3 aliphatic carbocycles. The monoisotopic (exact) mass is 539 g/mol. The Hall–Kier alpha value is -3.33. The number of aliphatic carboxylic acids is 1. The molecule has 1 aromatic carbocycles. The van der Waals surface area contributed by atoms with Gasteiger partial charge in [0, 0.05) is 36.1 Å². The van der Waals surface area contributed by atoms with Crippen LogP contribution < -0.4 is 0 Å². The van der Waals surface area contributed by atoms with E-state index in [1.807, 2.05) is 6.08 Å². The maximum Gasteiger partial charge on any atom is 0.303 e. The number of carbonyl (C=O) groups excluding carboxylic acids is 4. The minimum Gasteiger partial charge on any atom is -0.508 e. The van der Waals surface area contributed by atoms with Crippen molar-refractivity contribution in [2.24, 2.45) is 17.8 Å². The first kappa shape index (κ1) is 23.4. The summed E-state index contributed by atoms with van der Waals surface area (Å²) in [5.74, 6) is -4.62. The van der Waals surface area contributed by atoms with Crippen molar-refractivity contribution in [1.82, 2.24) is 4.90 Å². The zero-order valence-electron chi connectivity index (χ0n) is 18.6. The van der Waals surface area contributed by atoms with Crippen LogP contribution in [0.25, 0.3) is 0 Å². The van der Waals surface area contributed by atoms with Crippen LogP contribution in [0.15, 0.2) is 57.6 Å². The van der Waals surface area contributed by atoms with Crippen molar-refractivity contribution in [3.63, 3.8) is 0 Å². The minimum absolute atomic E-state index is 0.0177. The standard InChI is InChI=1S/C26H22BrNO7/c27-18-11-19(30)23-17(24(18)33)10-16-14(21(23)12-3-1-4-13(29)9-12)6-7-15-22(16)26(35)28(25(15)34)8-2-5-20(31)32/h1,3-4,6,9,11,15-16,21-22,29H,2,5,7-8,10H2,(H,31,32)/t15-,16+,21-,22-/m0/s1. The van der Waals surface area contributed by atoms with Gasteiger partial charge in [-0.1, -0.05) is 23.8 Å². The third-order valence-corrected chi connectivity index (χ3v) is 7.99. The highest BCUT2D eigenvalue weighted by atomic mass is 79.9. The second-order valence-electron chi connectivity index (χ2n) is 9.31. The van der Waals surface area contributed by atoms with Gasteiger partial charge in [0.15, 0.2) is 11.6 Å². The summed E-state index contributed by atoms with van der Waals surface area (Å²) in [4.78, 5) is 64.8. The smallest absolute Gasteiger partial charge is 0.303 e. The van der Waals surface area contributed by atoms with Crippen molar-refractivity contribution in [1.29, 1.82) is 0 Å². The van der Waals surface area contributed by atoms with Gasteiger partial charge < -0.3 is 10.2 Å². The molecule has 4 atom stereocenters. The van der Waals surface area contributed by atoms with E-state index >= 15 is 0 Å². The second-order valence-corrected chi connectivity index (χ2v) is 10.2. The number of carbonyl (C=O) groups is 5. The van der Waals surface area contributed by atoms with Gasteiger partial charge in [-0.3, -0.25) is 28.9 Å². The highest BCUT2D eigenvalue weighted by Gasteiger charge is 2.56. The highest BCUT2D eigenvalue weighted by Crippen LogP contribution is 2.55. The molecule has 1 aliphatic heterocycles. The van der Waals surface area contributed by atoms with Crippen LogP contribution in [0.1, 0.15) is 37.2 Å². The number of benzene rings is 1. The van der Waals surface area contributed by atoms with Crippen molar-refractivity contribution in [2.45, 2.75) is 31.6 Å². The normalized spacial score (nSPS) is 27.9. The van der Waals surface area contributed by atoms with Gasteiger partial charge in [0.25, 0.3) is 0 Å². The molecule has 2 amide bonds. The van der Waals surface area contributed by atoms with Crippen LogP contribution in [-0.4, -0.2) is 51.0 Å². The number of hydrogen-bond acceptors (Lipinski definition) is 6. The average Bonchev–Trinajstić information content (AvgIpc) is 3.06. The van der Waals surface area contributed by atoms with Gasteiger partial charge >= 0.3 is 5.97 Å². The van der Waals surface area contributed by atoms with Crippen LogP contribution in [0.5, 0.6) is 5.75 Å². The number of phenols is 1. The molecule has 4 aliphatic rings. The van der Waals surface area contributed by atoms with Gasteiger partial charge in [-0.15, -0.1) is 0 Å². The molecule has 0 spiro atoms. The number of Topliss-reactive ketones (excluding diaryl/α,β-unsaturated/α-hetero) is 1. The predicted octanol–water partition coefficient (Wildman–Crippen LogP) is 3.02. The van der Waals surface area contributed by atoms with Crippen molar-refractivity contribution < 1.29 is 34.2 Å². The van der Waals surface area contributed by atoms with E-state index in [1.165, 1.54) is 12.1 Å². The number of likely N-dealkylation sites (tertiary alicyclic amines) is 1. The number of halogens is 1. The number of amides is 2. The SMILES string of the molecule is O=C(O)CCCN1C(=O)[C@H]2[C@H](CC=C3[C@H](c4cccc(O)c4)C4=C(C[C@H]32)C(=O)C(Br)=CC4=O)C1=O. The molecule has 0 unspecified atom stereocenters. The number of hydrogen-bond donors (Lipinski definition) is 2. The van der Waals surface area contributed by atoms with Gasteiger partial charge in [-0.05, 0) is 58.8 Å². The number of rotatable bonds is 5. The number of imide groups is 1. The molecule has 2 N–H and O–H groups in total. The summed E-state index contributed by atoms with van der Waals surface area (Å²) in [6.07, 6.45) is 3.66. The molecule has 5 rings (SSSR count). The third-order valence-electron chi connectivity index (χ3n) is 7.40. The lowest BCUT2D eigenvalue weighted by Crippen LogP contribution is -2.39. The van der Waals surface area contributed by atoms with E-state index in [4.69, 9.17) is 5.11 Å². The zero-order chi connectivity index (χ0) is 25.0. The summed E-state index contributed by atoms with van der Waals surface area (Å²) in [7, 11) is 0. The highest BCUT2D eigenvalue weighted by molar-refractivity contribution is 9.12. The van der Waals surface area contributed by atoms with Crippen LogP contribution in [0.2, 0.25) is 0 Å². The van der Waals surface area contributed by atoms with E-state index in [1.54, 1.807) is 18.2 Å². The summed E-state index contributed by atoms with van der Waals surface area (Å²) in [5, 5.41) is 19.1. The Labute approximate surface area is 209 Å². The van der Waals surface area contributed by atoms with Crippen molar-refractivity contribution in [2.75, 3.05) is 6.54 Å². The molecule has 1 heterocycles. The van der Waals surface area contributed by atoms with Gasteiger partial charge in [0.1, 0.15) is 5.75 Å². The molecular formula is C26H22BrNO7. The number of allylic oxidation sites excluding steroid dienone is 6. The first-order valence-electron chi connectivity index (χ1n) is 11.4. The van der Waals surface area contributed by atoms with Gasteiger partial charge in [-0.2, -0.15) is 0 Å². The lowest BCUT2D eigenvalue weighted by molar-refractivity contribution is -0.142. The summed E-state index contributed by atoms with van der Waals surface area (Å²) in [5.41, 5.74) is 2.11.